The van der Waals surface area contributed by atoms with Crippen LogP contribution >= 0.6 is 0 Å². The fraction of sp³-hybridized carbons (Fsp3) is 0.500. The van der Waals surface area contributed by atoms with Crippen molar-refractivity contribution < 1.29 is 24.2 Å². The predicted molar refractivity (Wildman–Crippen MR) is 83.5 cm³/mol. The van der Waals surface area contributed by atoms with Crippen LogP contribution in [-0.4, -0.2) is 36.3 Å². The summed E-state index contributed by atoms with van der Waals surface area (Å²) < 4.78 is 9.43. The fourth-order valence-electron chi connectivity index (χ4n) is 1.06. The van der Waals surface area contributed by atoms with Gasteiger partial charge in [-0.3, -0.25) is 4.79 Å². The summed E-state index contributed by atoms with van der Waals surface area (Å²) in [4.78, 5) is 21.4. The summed E-state index contributed by atoms with van der Waals surface area (Å²) >= 11 is 0. The molecule has 1 aromatic rings. The highest BCUT2D eigenvalue weighted by molar-refractivity contribution is 5.89. The maximum Gasteiger partial charge on any atom is 0.338 e. The molecule has 6 heteroatoms. The summed E-state index contributed by atoms with van der Waals surface area (Å²) in [7, 11) is 0. The number of phenols is 1. The van der Waals surface area contributed by atoms with Crippen LogP contribution in [0, 0.1) is 5.92 Å². The number of carbonyl (C=O) groups excluding carboxylic acids is 2. The first kappa shape index (κ1) is 19.9. The van der Waals surface area contributed by atoms with E-state index < -0.39 is 12.1 Å². The molecule has 0 amide bonds. The molecule has 124 valence electrons. The zero-order valence-corrected chi connectivity index (χ0v) is 13.5. The highest BCUT2D eigenvalue weighted by atomic mass is 16.6. The summed E-state index contributed by atoms with van der Waals surface area (Å²) in [5, 5.41) is 9.03. The average Bonchev–Trinajstić information content (AvgIpc) is 2.46. The van der Waals surface area contributed by atoms with Crippen molar-refractivity contribution in [2.45, 2.75) is 39.8 Å². The molecule has 0 aromatic heterocycles. The Kier molecular flexibility index (Phi) is 9.61. The van der Waals surface area contributed by atoms with Gasteiger partial charge in [-0.1, -0.05) is 13.8 Å². The normalized spacial score (nSPS) is 12.6. The highest BCUT2D eigenvalue weighted by Crippen LogP contribution is 2.11. The molecular weight excluding hydrogens is 286 g/mol. The number of esters is 1. The SMILES string of the molecule is CC(C)C(C)N.CC(COC=O)OC(=O)c1ccc(O)cc1. The molecule has 0 saturated carbocycles. The lowest BCUT2D eigenvalue weighted by Crippen LogP contribution is -2.21. The standard InChI is InChI=1S/C11H12O5.C5H13N/c1-8(6-15-7-12)16-11(14)9-2-4-10(13)5-3-9;1-4(2)5(3)6/h2-5,7-8,13H,6H2,1H3;4-5H,6H2,1-3H3. The number of benzene rings is 1. The molecule has 0 aliphatic carbocycles. The van der Waals surface area contributed by atoms with Gasteiger partial charge in [0, 0.05) is 6.04 Å². The minimum absolute atomic E-state index is 0.0212. The molecule has 2 unspecified atom stereocenters. The zero-order valence-electron chi connectivity index (χ0n) is 13.5. The Morgan fingerprint density at radius 3 is 2.14 bits per heavy atom. The third kappa shape index (κ3) is 8.97. The zero-order chi connectivity index (χ0) is 17.1. The van der Waals surface area contributed by atoms with Crippen LogP contribution in [-0.2, 0) is 14.3 Å². The second-order valence-electron chi connectivity index (χ2n) is 5.30. The first-order valence-electron chi connectivity index (χ1n) is 7.08. The minimum Gasteiger partial charge on any atom is -0.508 e. The van der Waals surface area contributed by atoms with E-state index in [9.17, 15) is 9.59 Å². The molecule has 0 fully saturated rings. The topological polar surface area (TPSA) is 98.9 Å². The molecular formula is C16H25NO5. The summed E-state index contributed by atoms with van der Waals surface area (Å²) in [6, 6.07) is 6.03. The van der Waals surface area contributed by atoms with Gasteiger partial charge in [0.25, 0.3) is 6.47 Å². The van der Waals surface area contributed by atoms with Crippen molar-refractivity contribution in [2.24, 2.45) is 11.7 Å². The Balaban J connectivity index is 0.000000626. The number of ether oxygens (including phenoxy) is 2. The maximum absolute atomic E-state index is 11.5. The van der Waals surface area contributed by atoms with Crippen molar-refractivity contribution >= 4 is 12.4 Å². The van der Waals surface area contributed by atoms with Gasteiger partial charge in [0.1, 0.15) is 18.5 Å². The van der Waals surface area contributed by atoms with Crippen LogP contribution in [0.2, 0.25) is 0 Å². The third-order valence-corrected chi connectivity index (χ3v) is 2.86. The molecule has 2 atom stereocenters. The predicted octanol–water partition coefficient (Wildman–Crippen LogP) is 2.10. The van der Waals surface area contributed by atoms with Gasteiger partial charge in [-0.05, 0) is 44.0 Å². The number of hydrogen-bond donors (Lipinski definition) is 2. The monoisotopic (exact) mass is 311 g/mol. The Morgan fingerprint density at radius 1 is 1.23 bits per heavy atom. The Labute approximate surface area is 131 Å². The van der Waals surface area contributed by atoms with E-state index in [1.54, 1.807) is 6.92 Å². The van der Waals surface area contributed by atoms with E-state index >= 15 is 0 Å². The molecule has 0 bridgehead atoms. The van der Waals surface area contributed by atoms with E-state index in [0.29, 0.717) is 24.0 Å². The minimum atomic E-state index is -0.526. The van der Waals surface area contributed by atoms with Gasteiger partial charge in [-0.2, -0.15) is 0 Å². The van der Waals surface area contributed by atoms with Crippen LogP contribution in [0.1, 0.15) is 38.1 Å². The largest absolute Gasteiger partial charge is 0.508 e. The number of aromatic hydroxyl groups is 1. The van der Waals surface area contributed by atoms with Crippen molar-refractivity contribution in [1.82, 2.24) is 0 Å². The summed E-state index contributed by atoms with van der Waals surface area (Å²) in [5.74, 6) is 0.181. The van der Waals surface area contributed by atoms with Gasteiger partial charge in [0.15, 0.2) is 0 Å². The van der Waals surface area contributed by atoms with E-state index in [4.69, 9.17) is 15.6 Å². The van der Waals surface area contributed by atoms with Gasteiger partial charge < -0.3 is 20.3 Å². The quantitative estimate of drug-likeness (QED) is 0.616. The summed E-state index contributed by atoms with van der Waals surface area (Å²) in [5.41, 5.74) is 5.76. The summed E-state index contributed by atoms with van der Waals surface area (Å²) in [6.07, 6.45) is -0.508. The van der Waals surface area contributed by atoms with Gasteiger partial charge in [0.05, 0.1) is 5.56 Å². The molecule has 0 saturated heterocycles. The van der Waals surface area contributed by atoms with Crippen LogP contribution in [0.5, 0.6) is 5.75 Å². The van der Waals surface area contributed by atoms with Gasteiger partial charge >= 0.3 is 5.97 Å². The van der Waals surface area contributed by atoms with Crippen LogP contribution < -0.4 is 5.73 Å². The number of carbonyl (C=O) groups is 2. The molecule has 0 radical (unpaired) electrons. The second-order valence-corrected chi connectivity index (χ2v) is 5.30. The molecule has 0 spiro atoms. The maximum atomic E-state index is 11.5. The fourth-order valence-corrected chi connectivity index (χ4v) is 1.06. The lowest BCUT2D eigenvalue weighted by molar-refractivity contribution is -0.131. The van der Waals surface area contributed by atoms with Gasteiger partial charge in [0.2, 0.25) is 0 Å². The third-order valence-electron chi connectivity index (χ3n) is 2.86. The highest BCUT2D eigenvalue weighted by Gasteiger charge is 2.12. The lowest BCUT2D eigenvalue weighted by atomic mass is 10.1. The molecule has 1 rings (SSSR count). The lowest BCUT2D eigenvalue weighted by Gasteiger charge is -2.11. The van der Waals surface area contributed by atoms with Crippen molar-refractivity contribution in [3.05, 3.63) is 29.8 Å². The number of nitrogens with two attached hydrogens (primary N) is 1. The van der Waals surface area contributed by atoms with Crippen molar-refractivity contribution in [3.63, 3.8) is 0 Å². The van der Waals surface area contributed by atoms with Crippen LogP contribution in [0.3, 0.4) is 0 Å². The van der Waals surface area contributed by atoms with E-state index in [1.165, 1.54) is 24.3 Å². The second kappa shape index (κ2) is 10.6. The first-order chi connectivity index (χ1) is 10.3. The number of rotatable bonds is 6. The Bertz CT molecular complexity index is 436. The Morgan fingerprint density at radius 2 is 1.73 bits per heavy atom. The molecule has 1 aromatic carbocycles. The smallest absolute Gasteiger partial charge is 0.338 e. The van der Waals surface area contributed by atoms with E-state index in [1.807, 2.05) is 6.92 Å². The summed E-state index contributed by atoms with van der Waals surface area (Å²) in [6.45, 7) is 8.18. The van der Waals surface area contributed by atoms with Gasteiger partial charge in [-0.15, -0.1) is 0 Å². The number of hydrogen-bond acceptors (Lipinski definition) is 6. The molecule has 0 heterocycles. The van der Waals surface area contributed by atoms with Crippen LogP contribution in [0.15, 0.2) is 24.3 Å². The first-order valence-corrected chi connectivity index (χ1v) is 7.08. The molecule has 3 N–H and O–H groups in total. The molecule has 0 aliphatic rings. The Hall–Kier alpha value is -2.08. The van der Waals surface area contributed by atoms with Gasteiger partial charge in [-0.25, -0.2) is 4.79 Å². The van der Waals surface area contributed by atoms with Crippen LogP contribution in [0.25, 0.3) is 0 Å². The van der Waals surface area contributed by atoms with E-state index in [0.717, 1.165) is 0 Å². The van der Waals surface area contributed by atoms with Crippen molar-refractivity contribution in [2.75, 3.05) is 6.61 Å². The average molecular weight is 311 g/mol. The number of phenolic OH excluding ortho intramolecular Hbond substituents is 1. The molecule has 0 aliphatic heterocycles. The van der Waals surface area contributed by atoms with Crippen LogP contribution in [0.4, 0.5) is 0 Å². The van der Waals surface area contributed by atoms with E-state index in [-0.39, 0.29) is 12.4 Å². The molecule has 6 nitrogen and oxygen atoms in total. The van der Waals surface area contributed by atoms with E-state index in [2.05, 4.69) is 18.6 Å². The van der Waals surface area contributed by atoms with Crippen molar-refractivity contribution in [3.8, 4) is 5.75 Å². The van der Waals surface area contributed by atoms with Crippen molar-refractivity contribution in [1.29, 1.82) is 0 Å². The molecule has 22 heavy (non-hydrogen) atoms.